The maximum Gasteiger partial charge on any atom is 0.407 e. The number of carbonyl (C=O) groups is 1. The van der Waals surface area contributed by atoms with Crippen LogP contribution >= 0.6 is 0 Å². The fraction of sp³-hybridized carbons (Fsp3) is 0.833. The number of amides is 1. The third-order valence-electron chi connectivity index (χ3n) is 0.951. The summed E-state index contributed by atoms with van der Waals surface area (Å²) in [6.07, 6.45) is -1.03. The minimum Gasteiger partial charge on any atom is -0.465 e. The first-order chi connectivity index (χ1) is 4.33. The number of nitrogens with zero attached hydrogens (tertiary/aromatic N) is 1. The van der Waals surface area contributed by atoms with E-state index in [4.69, 9.17) is 10.2 Å². The molecule has 0 aliphatic heterocycles. The smallest absolute Gasteiger partial charge is 0.407 e. The minimum absolute atomic E-state index is 0.127. The molecule has 0 aromatic rings. The van der Waals surface area contributed by atoms with Gasteiger partial charge in [0.1, 0.15) is 0 Å². The molecule has 0 fully saturated rings. The first kappa shape index (κ1) is 9.23. The van der Waals surface area contributed by atoms with Crippen molar-refractivity contribution in [1.29, 1.82) is 0 Å². The number of aliphatic hydroxyl groups is 1. The van der Waals surface area contributed by atoms with E-state index in [9.17, 15) is 4.79 Å². The Morgan fingerprint density at radius 3 is 2.10 bits per heavy atom. The van der Waals surface area contributed by atoms with Crippen LogP contribution in [0.5, 0.6) is 0 Å². The van der Waals surface area contributed by atoms with Crippen molar-refractivity contribution in [3.8, 4) is 0 Å². The van der Waals surface area contributed by atoms with Crippen molar-refractivity contribution in [3.05, 3.63) is 0 Å². The van der Waals surface area contributed by atoms with Gasteiger partial charge in [-0.15, -0.1) is 0 Å². The highest BCUT2D eigenvalue weighted by Gasteiger charge is 2.17. The molecular weight excluding hydrogens is 134 g/mol. The van der Waals surface area contributed by atoms with Crippen LogP contribution in [0.1, 0.15) is 13.8 Å². The Morgan fingerprint density at radius 2 is 2.00 bits per heavy atom. The van der Waals surface area contributed by atoms with E-state index in [-0.39, 0.29) is 6.54 Å². The summed E-state index contributed by atoms with van der Waals surface area (Å²) in [5.74, 6) is 0. The second-order valence-corrected chi connectivity index (χ2v) is 2.95. The van der Waals surface area contributed by atoms with E-state index >= 15 is 0 Å². The quantitative estimate of drug-likeness (QED) is 0.593. The molecule has 2 N–H and O–H groups in total. The first-order valence-electron chi connectivity index (χ1n) is 2.99. The van der Waals surface area contributed by atoms with Crippen molar-refractivity contribution < 1.29 is 15.0 Å². The van der Waals surface area contributed by atoms with Crippen LogP contribution in [-0.4, -0.2) is 40.4 Å². The molecule has 10 heavy (non-hydrogen) atoms. The van der Waals surface area contributed by atoms with Crippen molar-refractivity contribution in [2.24, 2.45) is 0 Å². The van der Waals surface area contributed by atoms with Gasteiger partial charge >= 0.3 is 6.09 Å². The normalized spacial score (nSPS) is 11.2. The van der Waals surface area contributed by atoms with Crippen LogP contribution in [0.4, 0.5) is 4.79 Å². The Bertz CT molecular complexity index is 127. The van der Waals surface area contributed by atoms with Gasteiger partial charge < -0.3 is 15.1 Å². The van der Waals surface area contributed by atoms with Crippen molar-refractivity contribution in [2.45, 2.75) is 19.4 Å². The molecule has 0 aromatic heterocycles. The van der Waals surface area contributed by atoms with Crippen LogP contribution in [0.3, 0.4) is 0 Å². The van der Waals surface area contributed by atoms with E-state index in [0.717, 1.165) is 4.90 Å². The Kier molecular flexibility index (Phi) is 2.65. The van der Waals surface area contributed by atoms with Crippen molar-refractivity contribution in [2.75, 3.05) is 13.6 Å². The van der Waals surface area contributed by atoms with Gasteiger partial charge in [-0.2, -0.15) is 0 Å². The third-order valence-corrected chi connectivity index (χ3v) is 0.951. The molecule has 0 saturated carbocycles. The largest absolute Gasteiger partial charge is 0.465 e. The summed E-state index contributed by atoms with van der Waals surface area (Å²) in [5.41, 5.74) is -0.951. The lowest BCUT2D eigenvalue weighted by atomic mass is 10.1. The molecule has 0 atom stereocenters. The second kappa shape index (κ2) is 2.88. The summed E-state index contributed by atoms with van der Waals surface area (Å²) in [7, 11) is 1.42. The molecule has 0 saturated heterocycles. The van der Waals surface area contributed by atoms with Crippen LogP contribution in [0, 0.1) is 0 Å². The summed E-state index contributed by atoms with van der Waals surface area (Å²) in [5, 5.41) is 17.5. The molecule has 0 heterocycles. The average molecular weight is 147 g/mol. The standard InChI is InChI=1S/C6H13NO3/c1-6(2,10)4-7(3)5(8)9/h10H,4H2,1-3H3,(H,8,9). The highest BCUT2D eigenvalue weighted by atomic mass is 16.4. The predicted molar refractivity (Wildman–Crippen MR) is 37.0 cm³/mol. The highest BCUT2D eigenvalue weighted by molar-refractivity contribution is 5.64. The van der Waals surface area contributed by atoms with Crippen LogP contribution in [0.15, 0.2) is 0 Å². The van der Waals surface area contributed by atoms with Crippen LogP contribution < -0.4 is 0 Å². The molecular formula is C6H13NO3. The lowest BCUT2D eigenvalue weighted by Gasteiger charge is -2.22. The fourth-order valence-electron chi connectivity index (χ4n) is 0.648. The molecule has 4 heteroatoms. The van der Waals surface area contributed by atoms with Crippen molar-refractivity contribution >= 4 is 6.09 Å². The summed E-state index contributed by atoms with van der Waals surface area (Å²) in [6.45, 7) is 3.25. The summed E-state index contributed by atoms with van der Waals surface area (Å²) >= 11 is 0. The van der Waals surface area contributed by atoms with E-state index in [1.165, 1.54) is 7.05 Å². The van der Waals surface area contributed by atoms with Gasteiger partial charge in [0.05, 0.1) is 12.1 Å². The molecule has 0 bridgehead atoms. The molecule has 0 aliphatic rings. The number of carboxylic acid groups (broad SMARTS) is 1. The molecule has 0 aromatic carbocycles. The highest BCUT2D eigenvalue weighted by Crippen LogP contribution is 2.02. The van der Waals surface area contributed by atoms with Gasteiger partial charge in [-0.25, -0.2) is 4.79 Å². The topological polar surface area (TPSA) is 60.8 Å². The van der Waals surface area contributed by atoms with Gasteiger partial charge in [0, 0.05) is 7.05 Å². The zero-order valence-electron chi connectivity index (χ0n) is 6.46. The minimum atomic E-state index is -1.03. The van der Waals surface area contributed by atoms with E-state index in [1.807, 2.05) is 0 Å². The van der Waals surface area contributed by atoms with Gasteiger partial charge in [-0.3, -0.25) is 0 Å². The van der Waals surface area contributed by atoms with Crippen LogP contribution in [0.25, 0.3) is 0 Å². The zero-order valence-corrected chi connectivity index (χ0v) is 6.46. The average Bonchev–Trinajstić information content (AvgIpc) is 1.60. The Hall–Kier alpha value is -0.770. The SMILES string of the molecule is CN(CC(C)(C)O)C(=O)O. The van der Waals surface area contributed by atoms with Crippen molar-refractivity contribution in [1.82, 2.24) is 4.90 Å². The molecule has 60 valence electrons. The fourth-order valence-corrected chi connectivity index (χ4v) is 0.648. The molecule has 0 unspecified atom stereocenters. The molecule has 1 amide bonds. The Labute approximate surface area is 60.1 Å². The monoisotopic (exact) mass is 147 g/mol. The molecule has 0 aliphatic carbocycles. The van der Waals surface area contributed by atoms with E-state index in [0.29, 0.717) is 0 Å². The maximum absolute atomic E-state index is 10.2. The molecule has 4 nitrogen and oxygen atoms in total. The lowest BCUT2D eigenvalue weighted by Crippen LogP contribution is -2.38. The predicted octanol–water partition coefficient (Wildman–Crippen LogP) is 0.367. The number of hydrogen-bond donors (Lipinski definition) is 2. The summed E-state index contributed by atoms with van der Waals surface area (Å²) in [4.78, 5) is 11.2. The van der Waals surface area contributed by atoms with Crippen LogP contribution in [0.2, 0.25) is 0 Å². The van der Waals surface area contributed by atoms with Gasteiger partial charge in [-0.1, -0.05) is 0 Å². The van der Waals surface area contributed by atoms with E-state index in [1.54, 1.807) is 13.8 Å². The molecule has 0 radical (unpaired) electrons. The molecule has 0 rings (SSSR count). The lowest BCUT2D eigenvalue weighted by molar-refractivity contribution is 0.0444. The third kappa shape index (κ3) is 4.14. The number of hydrogen-bond acceptors (Lipinski definition) is 2. The Balaban J connectivity index is 3.80. The van der Waals surface area contributed by atoms with Gasteiger partial charge in [-0.05, 0) is 13.8 Å². The second-order valence-electron chi connectivity index (χ2n) is 2.95. The molecule has 0 spiro atoms. The van der Waals surface area contributed by atoms with Gasteiger partial charge in [0.2, 0.25) is 0 Å². The van der Waals surface area contributed by atoms with Gasteiger partial charge in [0.25, 0.3) is 0 Å². The van der Waals surface area contributed by atoms with E-state index in [2.05, 4.69) is 0 Å². The van der Waals surface area contributed by atoms with Crippen molar-refractivity contribution in [3.63, 3.8) is 0 Å². The first-order valence-corrected chi connectivity index (χ1v) is 2.99. The summed E-state index contributed by atoms with van der Waals surface area (Å²) in [6, 6.07) is 0. The maximum atomic E-state index is 10.2. The Morgan fingerprint density at radius 1 is 1.60 bits per heavy atom. The van der Waals surface area contributed by atoms with Crippen LogP contribution in [-0.2, 0) is 0 Å². The number of likely N-dealkylation sites (N-methyl/N-ethyl adjacent to an activating group) is 1. The number of rotatable bonds is 2. The zero-order chi connectivity index (χ0) is 8.36. The van der Waals surface area contributed by atoms with E-state index < -0.39 is 11.7 Å². The van der Waals surface area contributed by atoms with Gasteiger partial charge in [0.15, 0.2) is 0 Å². The summed E-state index contributed by atoms with van der Waals surface area (Å²) < 4.78 is 0.